The van der Waals surface area contributed by atoms with Crippen LogP contribution in [0.5, 0.6) is 0 Å². The first-order valence-corrected chi connectivity index (χ1v) is 4.36. The smallest absolute Gasteiger partial charge is 0.332 e. The molecule has 0 amide bonds. The highest BCUT2D eigenvalue weighted by Crippen LogP contribution is 2.30. The molecule has 1 atom stereocenters. The molecule has 2 heterocycles. The molecule has 0 aromatic carbocycles. The Labute approximate surface area is 78.9 Å². The van der Waals surface area contributed by atoms with Crippen molar-refractivity contribution in [1.29, 1.82) is 0 Å². The molecule has 0 saturated carbocycles. The molecule has 1 aromatic rings. The van der Waals surface area contributed by atoms with Crippen molar-refractivity contribution in [2.24, 2.45) is 0 Å². The number of imidazole rings is 1. The van der Waals surface area contributed by atoms with E-state index in [9.17, 15) is 13.2 Å². The van der Waals surface area contributed by atoms with Crippen LogP contribution in [0.4, 0.5) is 13.2 Å². The van der Waals surface area contributed by atoms with Gasteiger partial charge in [-0.05, 0) is 6.92 Å². The van der Waals surface area contributed by atoms with Gasteiger partial charge >= 0.3 is 6.18 Å². The fourth-order valence-electron chi connectivity index (χ4n) is 1.58. The molecule has 14 heavy (non-hydrogen) atoms. The molecule has 3 nitrogen and oxygen atoms in total. The molecule has 0 spiro atoms. The molecule has 0 bridgehead atoms. The molecule has 1 N–H and O–H groups in total. The molecule has 0 saturated heterocycles. The number of hydrogen-bond acceptors (Lipinski definition) is 2. The lowest BCUT2D eigenvalue weighted by molar-refractivity contribution is -0.141. The molecule has 0 radical (unpaired) electrons. The second-order valence-electron chi connectivity index (χ2n) is 3.35. The van der Waals surface area contributed by atoms with E-state index in [1.165, 1.54) is 0 Å². The molecule has 1 aromatic heterocycles. The van der Waals surface area contributed by atoms with Crippen LogP contribution in [0.1, 0.15) is 24.5 Å². The van der Waals surface area contributed by atoms with Crippen molar-refractivity contribution in [1.82, 2.24) is 14.9 Å². The average Bonchev–Trinajstić information content (AvgIpc) is 2.48. The minimum atomic E-state index is -4.34. The van der Waals surface area contributed by atoms with Gasteiger partial charge in [-0.15, -0.1) is 0 Å². The third-order valence-corrected chi connectivity index (χ3v) is 2.29. The van der Waals surface area contributed by atoms with Crippen molar-refractivity contribution in [3.63, 3.8) is 0 Å². The van der Waals surface area contributed by atoms with Crippen molar-refractivity contribution in [2.45, 2.75) is 25.7 Å². The van der Waals surface area contributed by atoms with Crippen molar-refractivity contribution in [3.8, 4) is 0 Å². The van der Waals surface area contributed by atoms with Crippen LogP contribution in [0.2, 0.25) is 0 Å². The SMILES string of the molecule is C[C@@H]1NCCn2cc(C(F)(F)F)nc21. The van der Waals surface area contributed by atoms with Gasteiger partial charge in [-0.25, -0.2) is 4.98 Å². The summed E-state index contributed by atoms with van der Waals surface area (Å²) in [5.41, 5.74) is -0.803. The van der Waals surface area contributed by atoms with E-state index in [0.29, 0.717) is 18.9 Å². The van der Waals surface area contributed by atoms with E-state index in [-0.39, 0.29) is 6.04 Å². The zero-order chi connectivity index (χ0) is 10.3. The third-order valence-electron chi connectivity index (χ3n) is 2.29. The van der Waals surface area contributed by atoms with Crippen LogP contribution in [0.15, 0.2) is 6.20 Å². The van der Waals surface area contributed by atoms with Gasteiger partial charge in [-0.1, -0.05) is 0 Å². The summed E-state index contributed by atoms with van der Waals surface area (Å²) in [5, 5.41) is 3.05. The van der Waals surface area contributed by atoms with Crippen LogP contribution in [0, 0.1) is 0 Å². The van der Waals surface area contributed by atoms with Crippen LogP contribution in [0.3, 0.4) is 0 Å². The van der Waals surface area contributed by atoms with Gasteiger partial charge < -0.3 is 9.88 Å². The highest BCUT2D eigenvalue weighted by atomic mass is 19.4. The highest BCUT2D eigenvalue weighted by Gasteiger charge is 2.35. The predicted molar refractivity (Wildman–Crippen MR) is 43.6 cm³/mol. The van der Waals surface area contributed by atoms with Crippen molar-refractivity contribution in [3.05, 3.63) is 17.7 Å². The average molecular weight is 205 g/mol. The minimum absolute atomic E-state index is 0.111. The Balaban J connectivity index is 2.40. The van der Waals surface area contributed by atoms with Gasteiger partial charge in [0.25, 0.3) is 0 Å². The monoisotopic (exact) mass is 205 g/mol. The molecule has 1 aliphatic rings. The highest BCUT2D eigenvalue weighted by molar-refractivity contribution is 5.11. The lowest BCUT2D eigenvalue weighted by Gasteiger charge is -2.21. The van der Waals surface area contributed by atoms with Crippen LogP contribution in [-0.2, 0) is 12.7 Å². The Kier molecular flexibility index (Phi) is 2.02. The number of aromatic nitrogens is 2. The quantitative estimate of drug-likeness (QED) is 0.696. The van der Waals surface area contributed by atoms with Gasteiger partial charge in [-0.2, -0.15) is 13.2 Å². The fourth-order valence-corrected chi connectivity index (χ4v) is 1.58. The summed E-state index contributed by atoms with van der Waals surface area (Å²) in [6, 6.07) is -0.111. The predicted octanol–water partition coefficient (Wildman–Crippen LogP) is 1.57. The number of rotatable bonds is 0. The number of alkyl halides is 3. The Morgan fingerprint density at radius 3 is 2.86 bits per heavy atom. The molecule has 78 valence electrons. The maximum atomic E-state index is 12.3. The first-order valence-electron chi connectivity index (χ1n) is 4.36. The Bertz CT molecular complexity index is 342. The summed E-state index contributed by atoms with van der Waals surface area (Å²) in [6.07, 6.45) is -3.27. The van der Waals surface area contributed by atoms with Crippen LogP contribution >= 0.6 is 0 Å². The standard InChI is InChI=1S/C8H10F3N3/c1-5-7-13-6(8(9,10)11)4-14(7)3-2-12-5/h4-5,12H,2-3H2,1H3/t5-/m0/s1. The van der Waals surface area contributed by atoms with E-state index in [2.05, 4.69) is 10.3 Å². The summed E-state index contributed by atoms with van der Waals surface area (Å²) in [5.74, 6) is 0.462. The second kappa shape index (κ2) is 2.98. The lowest BCUT2D eigenvalue weighted by Crippen LogP contribution is -2.31. The van der Waals surface area contributed by atoms with Crippen molar-refractivity contribution < 1.29 is 13.2 Å². The van der Waals surface area contributed by atoms with Gasteiger partial charge in [0.1, 0.15) is 5.82 Å². The van der Waals surface area contributed by atoms with Gasteiger partial charge in [0, 0.05) is 19.3 Å². The summed E-state index contributed by atoms with van der Waals surface area (Å²) in [4.78, 5) is 3.58. The molecule has 0 unspecified atom stereocenters. The van der Waals surface area contributed by atoms with Gasteiger partial charge in [0.15, 0.2) is 5.69 Å². The summed E-state index contributed by atoms with van der Waals surface area (Å²) in [6.45, 7) is 3.03. The number of hydrogen-bond donors (Lipinski definition) is 1. The number of fused-ring (bicyclic) bond motifs is 1. The molecular weight excluding hydrogens is 195 g/mol. The minimum Gasteiger partial charge on any atom is -0.332 e. The Morgan fingerprint density at radius 2 is 2.29 bits per heavy atom. The van der Waals surface area contributed by atoms with Gasteiger partial charge in [0.2, 0.25) is 0 Å². The lowest BCUT2D eigenvalue weighted by atomic mass is 10.2. The molecule has 0 aliphatic carbocycles. The number of nitrogens with zero attached hydrogens (tertiary/aromatic N) is 2. The summed E-state index contributed by atoms with van der Waals surface area (Å²) in [7, 11) is 0. The third kappa shape index (κ3) is 1.50. The first kappa shape index (κ1) is 9.51. The zero-order valence-corrected chi connectivity index (χ0v) is 7.60. The van der Waals surface area contributed by atoms with E-state index in [1.807, 2.05) is 0 Å². The van der Waals surface area contributed by atoms with E-state index < -0.39 is 11.9 Å². The maximum Gasteiger partial charge on any atom is 0.434 e. The topological polar surface area (TPSA) is 29.9 Å². The first-order chi connectivity index (χ1) is 6.48. The van der Waals surface area contributed by atoms with Gasteiger partial charge in [0.05, 0.1) is 6.04 Å². The Hall–Kier alpha value is -1.04. The zero-order valence-electron chi connectivity index (χ0n) is 7.60. The summed E-state index contributed by atoms with van der Waals surface area (Å²) >= 11 is 0. The van der Waals surface area contributed by atoms with Crippen LogP contribution in [-0.4, -0.2) is 16.1 Å². The fraction of sp³-hybridized carbons (Fsp3) is 0.625. The van der Waals surface area contributed by atoms with E-state index in [1.54, 1.807) is 11.5 Å². The van der Waals surface area contributed by atoms with Crippen molar-refractivity contribution >= 4 is 0 Å². The molecule has 1 aliphatic heterocycles. The summed E-state index contributed by atoms with van der Waals surface area (Å²) < 4.78 is 38.5. The molecule has 0 fully saturated rings. The van der Waals surface area contributed by atoms with E-state index in [4.69, 9.17) is 0 Å². The van der Waals surface area contributed by atoms with Crippen LogP contribution < -0.4 is 5.32 Å². The maximum absolute atomic E-state index is 12.3. The Morgan fingerprint density at radius 1 is 1.57 bits per heavy atom. The second-order valence-corrected chi connectivity index (χ2v) is 3.35. The largest absolute Gasteiger partial charge is 0.434 e. The van der Waals surface area contributed by atoms with E-state index in [0.717, 1.165) is 6.20 Å². The van der Waals surface area contributed by atoms with Crippen LogP contribution in [0.25, 0.3) is 0 Å². The normalized spacial score (nSPS) is 22.1. The molecule has 6 heteroatoms. The number of halogens is 3. The molecular formula is C8H10F3N3. The number of nitrogens with one attached hydrogen (secondary N) is 1. The van der Waals surface area contributed by atoms with Gasteiger partial charge in [-0.3, -0.25) is 0 Å². The molecule has 2 rings (SSSR count). The van der Waals surface area contributed by atoms with E-state index >= 15 is 0 Å². The van der Waals surface area contributed by atoms with Crippen molar-refractivity contribution in [2.75, 3.05) is 6.54 Å².